The van der Waals surface area contributed by atoms with E-state index in [0.29, 0.717) is 18.2 Å². The number of carbonyl (C=O) groups excluding carboxylic acids is 1. The molecule has 0 saturated carbocycles. The van der Waals surface area contributed by atoms with Crippen LogP contribution in [0.3, 0.4) is 0 Å². The van der Waals surface area contributed by atoms with Gasteiger partial charge in [0.25, 0.3) is 0 Å². The SMILES string of the molecule is CCN(Cc1ccccc1)C(=O)C(C)Sc1nnnn1-c1cccc(C)c1C. The second-order valence-electron chi connectivity index (χ2n) is 6.69. The topological polar surface area (TPSA) is 63.9 Å². The highest BCUT2D eigenvalue weighted by Crippen LogP contribution is 2.26. The van der Waals surface area contributed by atoms with Gasteiger partial charge >= 0.3 is 0 Å². The number of aryl methyl sites for hydroxylation is 1. The lowest BCUT2D eigenvalue weighted by atomic mass is 10.1. The van der Waals surface area contributed by atoms with E-state index in [4.69, 9.17) is 0 Å². The lowest BCUT2D eigenvalue weighted by molar-refractivity contribution is -0.130. The molecular formula is C21H25N5OS. The first-order valence-electron chi connectivity index (χ1n) is 9.35. The number of aromatic nitrogens is 4. The summed E-state index contributed by atoms with van der Waals surface area (Å²) in [5.74, 6) is 0.0758. The summed E-state index contributed by atoms with van der Waals surface area (Å²) < 4.78 is 1.71. The van der Waals surface area contributed by atoms with Crippen LogP contribution in [0, 0.1) is 13.8 Å². The summed E-state index contributed by atoms with van der Waals surface area (Å²) in [7, 11) is 0. The van der Waals surface area contributed by atoms with Crippen LogP contribution in [0.2, 0.25) is 0 Å². The molecular weight excluding hydrogens is 370 g/mol. The van der Waals surface area contributed by atoms with Crippen LogP contribution in [0.15, 0.2) is 53.7 Å². The summed E-state index contributed by atoms with van der Waals surface area (Å²) in [5, 5.41) is 12.4. The number of amides is 1. The average molecular weight is 396 g/mol. The van der Waals surface area contributed by atoms with E-state index in [1.54, 1.807) is 4.68 Å². The number of hydrogen-bond acceptors (Lipinski definition) is 5. The van der Waals surface area contributed by atoms with Gasteiger partial charge in [-0.25, -0.2) is 0 Å². The van der Waals surface area contributed by atoms with Crippen molar-refractivity contribution in [2.75, 3.05) is 6.54 Å². The van der Waals surface area contributed by atoms with Crippen molar-refractivity contribution in [1.29, 1.82) is 0 Å². The van der Waals surface area contributed by atoms with Crippen molar-refractivity contribution in [3.8, 4) is 5.69 Å². The smallest absolute Gasteiger partial charge is 0.236 e. The minimum absolute atomic E-state index is 0.0758. The van der Waals surface area contributed by atoms with Gasteiger partial charge in [-0.3, -0.25) is 4.79 Å². The minimum Gasteiger partial charge on any atom is -0.338 e. The number of nitrogens with zero attached hydrogens (tertiary/aromatic N) is 5. The van der Waals surface area contributed by atoms with Crippen LogP contribution in [0.1, 0.15) is 30.5 Å². The predicted molar refractivity (Wildman–Crippen MR) is 111 cm³/mol. The van der Waals surface area contributed by atoms with Crippen LogP contribution in [0.25, 0.3) is 5.69 Å². The molecule has 0 spiro atoms. The summed E-state index contributed by atoms with van der Waals surface area (Å²) in [6.07, 6.45) is 0. The fourth-order valence-electron chi connectivity index (χ4n) is 2.98. The molecule has 28 heavy (non-hydrogen) atoms. The van der Waals surface area contributed by atoms with E-state index < -0.39 is 0 Å². The van der Waals surface area contributed by atoms with Crippen LogP contribution in [0.5, 0.6) is 0 Å². The third kappa shape index (κ3) is 4.42. The highest BCUT2D eigenvalue weighted by Gasteiger charge is 2.24. The van der Waals surface area contributed by atoms with Gasteiger partial charge < -0.3 is 4.90 Å². The molecule has 0 aliphatic carbocycles. The lowest BCUT2D eigenvalue weighted by Crippen LogP contribution is -2.36. The third-order valence-corrected chi connectivity index (χ3v) is 5.81. The maximum Gasteiger partial charge on any atom is 0.236 e. The molecule has 3 rings (SSSR count). The standard InChI is InChI=1S/C21H25N5OS/c1-5-25(14-18-11-7-6-8-12-18)20(27)17(4)28-21-22-23-24-26(21)19-13-9-10-15(2)16(19)3/h6-13,17H,5,14H2,1-4H3. The minimum atomic E-state index is -0.293. The molecule has 0 saturated heterocycles. The predicted octanol–water partition coefficient (Wildman–Crippen LogP) is 3.81. The van der Waals surface area contributed by atoms with E-state index >= 15 is 0 Å². The molecule has 7 heteroatoms. The van der Waals surface area contributed by atoms with Gasteiger partial charge in [0.1, 0.15) is 0 Å². The molecule has 0 fully saturated rings. The number of thioether (sulfide) groups is 1. The van der Waals surface area contributed by atoms with Crippen LogP contribution in [0.4, 0.5) is 0 Å². The fourth-order valence-corrected chi connectivity index (χ4v) is 3.87. The highest BCUT2D eigenvalue weighted by molar-refractivity contribution is 8.00. The molecule has 1 atom stereocenters. The zero-order chi connectivity index (χ0) is 20.1. The van der Waals surface area contributed by atoms with Crippen molar-refractivity contribution in [1.82, 2.24) is 25.1 Å². The third-order valence-electron chi connectivity index (χ3n) is 4.78. The van der Waals surface area contributed by atoms with E-state index in [1.165, 1.54) is 17.3 Å². The summed E-state index contributed by atoms with van der Waals surface area (Å²) >= 11 is 1.38. The van der Waals surface area contributed by atoms with Crippen LogP contribution in [-0.2, 0) is 11.3 Å². The maximum atomic E-state index is 13.0. The molecule has 1 amide bonds. The van der Waals surface area contributed by atoms with Crippen LogP contribution < -0.4 is 0 Å². The molecule has 146 valence electrons. The number of hydrogen-bond donors (Lipinski definition) is 0. The number of carbonyl (C=O) groups is 1. The van der Waals surface area contributed by atoms with Gasteiger partial charge in [0.2, 0.25) is 11.1 Å². The van der Waals surface area contributed by atoms with Gasteiger partial charge in [-0.1, -0.05) is 54.2 Å². The van der Waals surface area contributed by atoms with Gasteiger partial charge in [-0.05, 0) is 60.9 Å². The van der Waals surface area contributed by atoms with E-state index in [9.17, 15) is 4.79 Å². The van der Waals surface area contributed by atoms with Gasteiger partial charge in [-0.2, -0.15) is 4.68 Å². The first-order valence-corrected chi connectivity index (χ1v) is 10.2. The molecule has 0 N–H and O–H groups in total. The molecule has 6 nitrogen and oxygen atoms in total. The second-order valence-corrected chi connectivity index (χ2v) is 8.00. The Morgan fingerprint density at radius 3 is 2.61 bits per heavy atom. The van der Waals surface area contributed by atoms with Crippen molar-refractivity contribution in [2.45, 2.75) is 44.6 Å². The van der Waals surface area contributed by atoms with Crippen molar-refractivity contribution < 1.29 is 4.79 Å². The van der Waals surface area contributed by atoms with Gasteiger partial charge in [-0.15, -0.1) is 5.10 Å². The fraction of sp³-hybridized carbons (Fsp3) is 0.333. The first-order chi connectivity index (χ1) is 13.5. The Kier molecular flexibility index (Phi) is 6.46. The number of tetrazole rings is 1. The molecule has 3 aromatic rings. The first kappa shape index (κ1) is 20.1. The molecule has 0 bridgehead atoms. The largest absolute Gasteiger partial charge is 0.338 e. The Balaban J connectivity index is 1.76. The van der Waals surface area contributed by atoms with Crippen LogP contribution >= 0.6 is 11.8 Å². The van der Waals surface area contributed by atoms with Crippen molar-refractivity contribution in [2.24, 2.45) is 0 Å². The number of benzene rings is 2. The Morgan fingerprint density at radius 2 is 1.89 bits per heavy atom. The Labute approximate surface area is 169 Å². The highest BCUT2D eigenvalue weighted by atomic mass is 32.2. The summed E-state index contributed by atoms with van der Waals surface area (Å²) in [6, 6.07) is 16.1. The van der Waals surface area contributed by atoms with Gasteiger partial charge in [0, 0.05) is 13.1 Å². The Morgan fingerprint density at radius 1 is 1.14 bits per heavy atom. The summed E-state index contributed by atoms with van der Waals surface area (Å²) in [5.41, 5.74) is 4.35. The van der Waals surface area contributed by atoms with E-state index in [2.05, 4.69) is 28.5 Å². The molecule has 2 aromatic carbocycles. The molecule has 0 aliphatic heterocycles. The normalized spacial score (nSPS) is 12.0. The zero-order valence-electron chi connectivity index (χ0n) is 16.7. The molecule has 1 aromatic heterocycles. The van der Waals surface area contributed by atoms with Gasteiger partial charge in [0.05, 0.1) is 10.9 Å². The second kappa shape index (κ2) is 9.01. The Hall–Kier alpha value is -2.67. The maximum absolute atomic E-state index is 13.0. The quantitative estimate of drug-likeness (QED) is 0.569. The summed E-state index contributed by atoms with van der Waals surface area (Å²) in [4.78, 5) is 14.9. The monoisotopic (exact) mass is 395 g/mol. The molecule has 1 unspecified atom stereocenters. The molecule has 0 aliphatic rings. The van der Waals surface area contributed by atoms with E-state index in [-0.39, 0.29) is 11.2 Å². The van der Waals surface area contributed by atoms with Crippen molar-refractivity contribution >= 4 is 17.7 Å². The number of rotatable bonds is 7. The zero-order valence-corrected chi connectivity index (χ0v) is 17.5. The van der Waals surface area contributed by atoms with Crippen LogP contribution in [-0.4, -0.2) is 42.8 Å². The van der Waals surface area contributed by atoms with E-state index in [0.717, 1.165) is 16.8 Å². The lowest BCUT2D eigenvalue weighted by Gasteiger charge is -2.24. The molecule has 0 radical (unpaired) electrons. The van der Waals surface area contributed by atoms with E-state index in [1.807, 2.05) is 68.1 Å². The average Bonchev–Trinajstić information content (AvgIpc) is 3.16. The Bertz CT molecular complexity index is 941. The van der Waals surface area contributed by atoms with Gasteiger partial charge in [0.15, 0.2) is 0 Å². The van der Waals surface area contributed by atoms with Crippen molar-refractivity contribution in [3.63, 3.8) is 0 Å². The molecule has 1 heterocycles. The van der Waals surface area contributed by atoms with Crippen molar-refractivity contribution in [3.05, 3.63) is 65.2 Å². The summed E-state index contributed by atoms with van der Waals surface area (Å²) in [6.45, 7) is 9.27.